The minimum atomic E-state index is -0.204. The molecule has 3 rings (SSSR count). The van der Waals surface area contributed by atoms with Gasteiger partial charge in [-0.15, -0.1) is 23.5 Å². The number of ether oxygens (including phenoxy) is 1. The van der Waals surface area contributed by atoms with E-state index in [0.717, 1.165) is 5.56 Å². The molecule has 2 aromatic rings. The summed E-state index contributed by atoms with van der Waals surface area (Å²) in [5.41, 5.74) is 2.26. The van der Waals surface area contributed by atoms with Crippen LogP contribution in [0.25, 0.3) is 0 Å². The second-order valence-electron chi connectivity index (χ2n) is 6.65. The predicted octanol–water partition coefficient (Wildman–Crippen LogP) is 3.41. The molecule has 1 aliphatic rings. The third-order valence-corrected chi connectivity index (χ3v) is 7.34. The summed E-state index contributed by atoms with van der Waals surface area (Å²) in [5.74, 6) is 2.85. The maximum absolute atomic E-state index is 11.9. The predicted molar refractivity (Wildman–Crippen MR) is 120 cm³/mol. The fraction of sp³-hybridized carbons (Fsp3) is 0.364. The van der Waals surface area contributed by atoms with Crippen LogP contribution in [0.5, 0.6) is 5.75 Å². The lowest BCUT2D eigenvalue weighted by molar-refractivity contribution is -0.124. The highest BCUT2D eigenvalue weighted by atomic mass is 32.2. The smallest absolute Gasteiger partial charge is 0.258 e. The zero-order chi connectivity index (χ0) is 20.3. The molecule has 0 aliphatic carbocycles. The van der Waals surface area contributed by atoms with Gasteiger partial charge in [-0.05, 0) is 41.2 Å². The molecule has 154 valence electrons. The van der Waals surface area contributed by atoms with Crippen molar-refractivity contribution in [3.05, 3.63) is 65.7 Å². The highest BCUT2D eigenvalue weighted by Crippen LogP contribution is 2.43. The van der Waals surface area contributed by atoms with Crippen molar-refractivity contribution < 1.29 is 14.3 Å². The molecule has 0 saturated carbocycles. The number of amides is 2. The first-order valence-electron chi connectivity index (χ1n) is 9.74. The van der Waals surface area contributed by atoms with Crippen LogP contribution in [0.4, 0.5) is 0 Å². The number of nitrogens with one attached hydrogen (secondary N) is 2. The first-order chi connectivity index (χ1) is 14.2. The summed E-state index contributed by atoms with van der Waals surface area (Å²) in [6, 6.07) is 17.5. The van der Waals surface area contributed by atoms with Crippen LogP contribution in [-0.2, 0) is 16.0 Å². The molecule has 0 aromatic heterocycles. The van der Waals surface area contributed by atoms with Gasteiger partial charge in [0, 0.05) is 13.1 Å². The molecule has 2 N–H and O–H groups in total. The van der Waals surface area contributed by atoms with E-state index in [9.17, 15) is 9.59 Å². The fourth-order valence-electron chi connectivity index (χ4n) is 2.85. The highest BCUT2D eigenvalue weighted by Gasteiger charge is 2.16. The third kappa shape index (κ3) is 7.66. The summed E-state index contributed by atoms with van der Waals surface area (Å²) in [4.78, 5) is 23.8. The van der Waals surface area contributed by atoms with Crippen molar-refractivity contribution in [2.75, 3.05) is 31.2 Å². The van der Waals surface area contributed by atoms with E-state index in [1.807, 2.05) is 66.0 Å². The number of carbonyl (C=O) groups excluding carboxylic acids is 2. The number of rotatable bonds is 9. The Balaban J connectivity index is 1.29. The van der Waals surface area contributed by atoms with Crippen LogP contribution >= 0.6 is 23.5 Å². The van der Waals surface area contributed by atoms with Gasteiger partial charge in [-0.1, -0.05) is 42.5 Å². The minimum absolute atomic E-state index is 0.0375. The van der Waals surface area contributed by atoms with Gasteiger partial charge in [-0.2, -0.15) is 0 Å². The zero-order valence-corrected chi connectivity index (χ0v) is 17.9. The summed E-state index contributed by atoms with van der Waals surface area (Å²) >= 11 is 3.96. The minimum Gasteiger partial charge on any atom is -0.484 e. The van der Waals surface area contributed by atoms with Gasteiger partial charge in [-0.3, -0.25) is 9.59 Å². The Hall–Kier alpha value is -2.12. The molecule has 0 atom stereocenters. The normalized spacial score (nSPS) is 14.2. The average molecular weight is 431 g/mol. The molecule has 0 unspecified atom stereocenters. The van der Waals surface area contributed by atoms with E-state index in [-0.39, 0.29) is 18.4 Å². The van der Waals surface area contributed by atoms with Crippen molar-refractivity contribution in [3.63, 3.8) is 0 Å². The molecule has 0 bridgehead atoms. The van der Waals surface area contributed by atoms with Crippen LogP contribution in [0.3, 0.4) is 0 Å². The third-order valence-electron chi connectivity index (χ3n) is 4.33. The lowest BCUT2D eigenvalue weighted by Crippen LogP contribution is -2.37. The van der Waals surface area contributed by atoms with Crippen molar-refractivity contribution in [2.45, 2.75) is 17.4 Å². The Labute approximate surface area is 180 Å². The maximum Gasteiger partial charge on any atom is 0.258 e. The summed E-state index contributed by atoms with van der Waals surface area (Å²) in [7, 11) is 0. The first-order valence-corrected chi connectivity index (χ1v) is 11.8. The standard InChI is InChI=1S/C22H26N2O3S2/c25-20(15-17-5-2-1-3-6-17)23-11-12-24-21(26)16-27-19-9-7-18(8-10-19)22-28-13-4-14-29-22/h1-3,5-10,22H,4,11-16H2,(H,23,25)(H,24,26). The van der Waals surface area contributed by atoms with E-state index in [1.54, 1.807) is 0 Å². The molecular weight excluding hydrogens is 404 g/mol. The summed E-state index contributed by atoms with van der Waals surface area (Å²) in [6.45, 7) is 0.727. The lowest BCUT2D eigenvalue weighted by atomic mass is 10.1. The molecule has 1 aliphatic heterocycles. The topological polar surface area (TPSA) is 67.4 Å². The monoisotopic (exact) mass is 430 g/mol. The van der Waals surface area contributed by atoms with Crippen LogP contribution < -0.4 is 15.4 Å². The number of carbonyl (C=O) groups is 2. The second kappa shape index (κ2) is 11.8. The second-order valence-corrected chi connectivity index (χ2v) is 9.37. The number of hydrogen-bond acceptors (Lipinski definition) is 5. The quantitative estimate of drug-likeness (QED) is 0.597. The molecule has 0 spiro atoms. The molecule has 29 heavy (non-hydrogen) atoms. The van der Waals surface area contributed by atoms with Gasteiger partial charge >= 0.3 is 0 Å². The fourth-order valence-corrected chi connectivity index (χ4v) is 5.74. The van der Waals surface area contributed by atoms with E-state index < -0.39 is 0 Å². The molecule has 0 radical (unpaired) electrons. The Morgan fingerprint density at radius 1 is 0.897 bits per heavy atom. The van der Waals surface area contributed by atoms with Gasteiger partial charge in [0.15, 0.2) is 6.61 Å². The van der Waals surface area contributed by atoms with Gasteiger partial charge in [-0.25, -0.2) is 0 Å². The first kappa shape index (κ1) is 21.6. The highest BCUT2D eigenvalue weighted by molar-refractivity contribution is 8.16. The van der Waals surface area contributed by atoms with Crippen LogP contribution in [0.1, 0.15) is 22.1 Å². The Kier molecular flexibility index (Phi) is 8.77. The Morgan fingerprint density at radius 2 is 1.55 bits per heavy atom. The number of thioether (sulfide) groups is 2. The SMILES string of the molecule is O=C(COc1ccc(C2SCCCS2)cc1)NCCNC(=O)Cc1ccccc1. The van der Waals surface area contributed by atoms with Crippen molar-refractivity contribution in [2.24, 2.45) is 0 Å². The van der Waals surface area contributed by atoms with Gasteiger partial charge in [0.1, 0.15) is 5.75 Å². The van der Waals surface area contributed by atoms with Crippen LogP contribution in [0, 0.1) is 0 Å². The Bertz CT molecular complexity index is 778. The largest absolute Gasteiger partial charge is 0.484 e. The van der Waals surface area contributed by atoms with E-state index in [4.69, 9.17) is 4.74 Å². The van der Waals surface area contributed by atoms with E-state index in [2.05, 4.69) is 22.8 Å². The molecule has 1 fully saturated rings. The molecule has 2 amide bonds. The molecular formula is C22H26N2O3S2. The number of benzene rings is 2. The summed E-state index contributed by atoms with van der Waals surface area (Å²) in [5, 5.41) is 5.55. The van der Waals surface area contributed by atoms with E-state index in [1.165, 1.54) is 23.5 Å². The van der Waals surface area contributed by atoms with Crippen molar-refractivity contribution in [1.29, 1.82) is 0 Å². The van der Waals surface area contributed by atoms with Crippen molar-refractivity contribution in [3.8, 4) is 5.75 Å². The van der Waals surface area contributed by atoms with Gasteiger partial charge in [0.2, 0.25) is 5.91 Å². The van der Waals surface area contributed by atoms with Crippen molar-refractivity contribution >= 4 is 35.3 Å². The van der Waals surface area contributed by atoms with Gasteiger partial charge in [0.25, 0.3) is 5.91 Å². The van der Waals surface area contributed by atoms with E-state index >= 15 is 0 Å². The number of hydrogen-bond donors (Lipinski definition) is 2. The summed E-state index contributed by atoms with van der Waals surface area (Å²) < 4.78 is 6.05. The lowest BCUT2D eigenvalue weighted by Gasteiger charge is -2.21. The van der Waals surface area contributed by atoms with Gasteiger partial charge in [0.05, 0.1) is 11.0 Å². The van der Waals surface area contributed by atoms with E-state index in [0.29, 0.717) is 29.8 Å². The average Bonchev–Trinajstić information content (AvgIpc) is 2.77. The summed E-state index contributed by atoms with van der Waals surface area (Å²) in [6.07, 6.45) is 1.62. The molecule has 2 aromatic carbocycles. The maximum atomic E-state index is 11.9. The van der Waals surface area contributed by atoms with Crippen LogP contribution in [0.2, 0.25) is 0 Å². The molecule has 7 heteroatoms. The molecule has 5 nitrogen and oxygen atoms in total. The Morgan fingerprint density at radius 3 is 2.24 bits per heavy atom. The van der Waals surface area contributed by atoms with Crippen molar-refractivity contribution in [1.82, 2.24) is 10.6 Å². The molecule has 1 saturated heterocycles. The van der Waals surface area contributed by atoms with Crippen LogP contribution in [0.15, 0.2) is 54.6 Å². The van der Waals surface area contributed by atoms with Crippen LogP contribution in [-0.4, -0.2) is 43.0 Å². The van der Waals surface area contributed by atoms with Gasteiger partial charge < -0.3 is 15.4 Å². The zero-order valence-electron chi connectivity index (χ0n) is 16.3. The molecule has 1 heterocycles.